The topological polar surface area (TPSA) is 75.4 Å². The molecular weight excluding hydrogens is 304 g/mol. The number of aromatic nitrogens is 1. The van der Waals surface area contributed by atoms with Crippen molar-refractivity contribution in [1.82, 2.24) is 10.3 Å². The van der Waals surface area contributed by atoms with Crippen molar-refractivity contribution < 1.29 is 14.3 Å². The summed E-state index contributed by atoms with van der Waals surface area (Å²) < 4.78 is 5.33. The number of amides is 1. The number of oxazole rings is 1. The van der Waals surface area contributed by atoms with E-state index in [1.807, 2.05) is 13.0 Å². The minimum Gasteiger partial charge on any atom is -0.443 e. The van der Waals surface area contributed by atoms with Gasteiger partial charge in [0.2, 0.25) is 0 Å². The summed E-state index contributed by atoms with van der Waals surface area (Å²) >= 11 is 6.13. The van der Waals surface area contributed by atoms with Gasteiger partial charge in [0.15, 0.2) is 17.8 Å². The molecule has 0 fully saturated rings. The first-order chi connectivity index (χ1) is 10.5. The minimum atomic E-state index is -0.391. The number of carbonyl (C=O) groups is 1. The van der Waals surface area contributed by atoms with Gasteiger partial charge in [-0.05, 0) is 31.4 Å². The molecule has 2 unspecified atom stereocenters. The van der Waals surface area contributed by atoms with E-state index in [-0.39, 0.29) is 17.5 Å². The molecule has 1 amide bonds. The summed E-state index contributed by atoms with van der Waals surface area (Å²) in [6.45, 7) is 4.15. The summed E-state index contributed by atoms with van der Waals surface area (Å²) in [6, 6.07) is 7.12. The highest BCUT2D eigenvalue weighted by Crippen LogP contribution is 2.29. The van der Waals surface area contributed by atoms with Crippen molar-refractivity contribution in [3.63, 3.8) is 0 Å². The average molecular weight is 323 g/mol. The van der Waals surface area contributed by atoms with Gasteiger partial charge in [-0.1, -0.05) is 30.7 Å². The van der Waals surface area contributed by atoms with Gasteiger partial charge in [0.05, 0.1) is 11.1 Å². The fourth-order valence-corrected chi connectivity index (χ4v) is 2.48. The average Bonchev–Trinajstić information content (AvgIpc) is 2.94. The predicted molar refractivity (Wildman–Crippen MR) is 84.7 cm³/mol. The first kappa shape index (κ1) is 16.5. The van der Waals surface area contributed by atoms with E-state index in [2.05, 4.69) is 10.3 Å². The van der Waals surface area contributed by atoms with E-state index in [1.54, 1.807) is 25.1 Å². The molecule has 22 heavy (non-hydrogen) atoms. The molecule has 0 aliphatic heterocycles. The Morgan fingerprint density at radius 3 is 2.82 bits per heavy atom. The summed E-state index contributed by atoms with van der Waals surface area (Å²) in [5.74, 6) is 0.201. The third kappa shape index (κ3) is 4.08. The lowest BCUT2D eigenvalue weighted by Crippen LogP contribution is -2.30. The van der Waals surface area contributed by atoms with Crippen LogP contribution in [0, 0.1) is 5.92 Å². The lowest BCUT2D eigenvalue weighted by Gasteiger charge is -2.13. The molecule has 118 valence electrons. The van der Waals surface area contributed by atoms with Crippen molar-refractivity contribution >= 4 is 17.5 Å². The van der Waals surface area contributed by atoms with Crippen LogP contribution in [0.4, 0.5) is 0 Å². The SMILES string of the molecule is CC(O)CC(C)CNC(=O)c1ncoc1-c1ccccc1Cl. The third-order valence-corrected chi connectivity index (χ3v) is 3.59. The van der Waals surface area contributed by atoms with E-state index in [0.29, 0.717) is 29.3 Å². The molecule has 2 rings (SSSR count). The Morgan fingerprint density at radius 1 is 1.41 bits per heavy atom. The number of nitrogens with zero attached hydrogens (tertiary/aromatic N) is 1. The van der Waals surface area contributed by atoms with Crippen molar-refractivity contribution in [2.45, 2.75) is 26.4 Å². The van der Waals surface area contributed by atoms with Crippen molar-refractivity contribution in [2.75, 3.05) is 6.54 Å². The number of rotatable bonds is 6. The Hall–Kier alpha value is -1.85. The summed E-state index contributed by atoms with van der Waals surface area (Å²) in [5.41, 5.74) is 0.834. The second-order valence-corrected chi connectivity index (χ2v) is 5.82. The van der Waals surface area contributed by atoms with Gasteiger partial charge < -0.3 is 14.8 Å². The van der Waals surface area contributed by atoms with Crippen LogP contribution in [0.5, 0.6) is 0 Å². The number of nitrogens with one attached hydrogen (secondary N) is 1. The zero-order valence-corrected chi connectivity index (χ0v) is 13.3. The van der Waals surface area contributed by atoms with E-state index < -0.39 is 6.10 Å². The number of benzene rings is 1. The Labute approximate surface area is 134 Å². The van der Waals surface area contributed by atoms with Gasteiger partial charge in [0.25, 0.3) is 5.91 Å². The standard InChI is InChI=1S/C16H19ClN2O3/c1-10(7-11(2)20)8-18-16(21)14-15(22-9-19-14)12-5-3-4-6-13(12)17/h3-6,9-11,20H,7-8H2,1-2H3,(H,18,21). The zero-order valence-electron chi connectivity index (χ0n) is 12.5. The van der Waals surface area contributed by atoms with Crippen molar-refractivity contribution in [3.8, 4) is 11.3 Å². The fourth-order valence-electron chi connectivity index (χ4n) is 2.26. The molecule has 2 atom stereocenters. The smallest absolute Gasteiger partial charge is 0.273 e. The lowest BCUT2D eigenvalue weighted by molar-refractivity contribution is 0.0935. The molecular formula is C16H19ClN2O3. The molecule has 0 spiro atoms. The zero-order chi connectivity index (χ0) is 16.1. The monoisotopic (exact) mass is 322 g/mol. The molecule has 0 saturated carbocycles. The summed E-state index contributed by atoms with van der Waals surface area (Å²) in [7, 11) is 0. The molecule has 0 bridgehead atoms. The van der Waals surface area contributed by atoms with Crippen LogP contribution in [-0.2, 0) is 0 Å². The molecule has 1 aromatic heterocycles. The number of hydrogen-bond acceptors (Lipinski definition) is 4. The molecule has 0 radical (unpaired) electrons. The van der Waals surface area contributed by atoms with Crippen LogP contribution in [0.1, 0.15) is 30.8 Å². The number of carbonyl (C=O) groups excluding carboxylic acids is 1. The Kier molecular flexibility index (Phi) is 5.57. The molecule has 1 heterocycles. The second kappa shape index (κ2) is 7.42. The van der Waals surface area contributed by atoms with Crippen LogP contribution in [0.15, 0.2) is 35.1 Å². The van der Waals surface area contributed by atoms with Gasteiger partial charge in [-0.3, -0.25) is 4.79 Å². The molecule has 2 aromatic rings. The number of aliphatic hydroxyl groups excluding tert-OH is 1. The quantitative estimate of drug-likeness (QED) is 0.856. The van der Waals surface area contributed by atoms with E-state index in [9.17, 15) is 9.90 Å². The Bertz CT molecular complexity index is 640. The molecule has 2 N–H and O–H groups in total. The van der Waals surface area contributed by atoms with E-state index in [1.165, 1.54) is 6.39 Å². The van der Waals surface area contributed by atoms with Gasteiger partial charge in [0, 0.05) is 12.1 Å². The van der Waals surface area contributed by atoms with Gasteiger partial charge in [0.1, 0.15) is 0 Å². The Balaban J connectivity index is 2.09. The minimum absolute atomic E-state index is 0.166. The second-order valence-electron chi connectivity index (χ2n) is 5.41. The molecule has 1 aromatic carbocycles. The molecule has 0 aliphatic rings. The molecule has 0 aliphatic carbocycles. The first-order valence-corrected chi connectivity index (χ1v) is 7.51. The number of aliphatic hydroxyl groups is 1. The highest BCUT2D eigenvalue weighted by molar-refractivity contribution is 6.33. The molecule has 5 nitrogen and oxygen atoms in total. The van der Waals surface area contributed by atoms with Crippen LogP contribution in [0.3, 0.4) is 0 Å². The van der Waals surface area contributed by atoms with Gasteiger partial charge >= 0.3 is 0 Å². The summed E-state index contributed by atoms with van der Waals surface area (Å²) in [4.78, 5) is 16.2. The Morgan fingerprint density at radius 2 is 2.14 bits per heavy atom. The van der Waals surface area contributed by atoms with Crippen LogP contribution < -0.4 is 5.32 Å². The number of hydrogen-bond donors (Lipinski definition) is 2. The maximum Gasteiger partial charge on any atom is 0.273 e. The van der Waals surface area contributed by atoms with E-state index in [0.717, 1.165) is 0 Å². The van der Waals surface area contributed by atoms with E-state index >= 15 is 0 Å². The van der Waals surface area contributed by atoms with Crippen LogP contribution in [0.2, 0.25) is 5.02 Å². The normalized spacial score (nSPS) is 13.6. The third-order valence-electron chi connectivity index (χ3n) is 3.26. The molecule has 0 saturated heterocycles. The van der Waals surface area contributed by atoms with Gasteiger partial charge in [-0.2, -0.15) is 0 Å². The van der Waals surface area contributed by atoms with Crippen LogP contribution in [0.25, 0.3) is 11.3 Å². The molecule has 6 heteroatoms. The maximum absolute atomic E-state index is 12.3. The van der Waals surface area contributed by atoms with E-state index in [4.69, 9.17) is 16.0 Å². The summed E-state index contributed by atoms with van der Waals surface area (Å²) in [6.07, 6.45) is 1.46. The van der Waals surface area contributed by atoms with Gasteiger partial charge in [-0.25, -0.2) is 4.98 Å². The van der Waals surface area contributed by atoms with Crippen LogP contribution in [-0.4, -0.2) is 28.6 Å². The highest BCUT2D eigenvalue weighted by atomic mass is 35.5. The van der Waals surface area contributed by atoms with Crippen molar-refractivity contribution in [3.05, 3.63) is 41.4 Å². The number of halogens is 1. The largest absolute Gasteiger partial charge is 0.443 e. The highest BCUT2D eigenvalue weighted by Gasteiger charge is 2.20. The van der Waals surface area contributed by atoms with Crippen molar-refractivity contribution in [2.24, 2.45) is 5.92 Å². The first-order valence-electron chi connectivity index (χ1n) is 7.13. The predicted octanol–water partition coefficient (Wildman–Crippen LogP) is 3.13. The van der Waals surface area contributed by atoms with Gasteiger partial charge in [-0.15, -0.1) is 0 Å². The lowest BCUT2D eigenvalue weighted by atomic mass is 10.0. The maximum atomic E-state index is 12.3. The fraction of sp³-hybridized carbons (Fsp3) is 0.375. The van der Waals surface area contributed by atoms with Crippen LogP contribution >= 0.6 is 11.6 Å². The van der Waals surface area contributed by atoms with Crippen molar-refractivity contribution in [1.29, 1.82) is 0 Å². The summed E-state index contributed by atoms with van der Waals surface area (Å²) in [5, 5.41) is 12.6.